The molecule has 1 atom stereocenters. The molecule has 1 unspecified atom stereocenters. The van der Waals surface area contributed by atoms with E-state index in [2.05, 4.69) is 9.88 Å². The number of anilines is 2. The normalized spacial score (nSPS) is 16.7. The fraction of sp³-hybridized carbons (Fsp3) is 0.667. The van der Waals surface area contributed by atoms with Crippen LogP contribution >= 0.6 is 11.3 Å². The summed E-state index contributed by atoms with van der Waals surface area (Å²) in [6.07, 6.45) is 2.31. The average Bonchev–Trinajstić information content (AvgIpc) is 3.04. The average molecular weight is 284 g/mol. The molecule has 0 saturated carbocycles. The highest BCUT2D eigenvalue weighted by molar-refractivity contribution is 7.18. The maximum Gasteiger partial charge on any atom is 0.267 e. The minimum atomic E-state index is -0.232. The molecule has 0 aliphatic carbocycles. The van der Waals surface area contributed by atoms with Crippen LogP contribution in [0.3, 0.4) is 0 Å². The molecule has 1 aliphatic rings. The van der Waals surface area contributed by atoms with Crippen LogP contribution < -0.4 is 10.6 Å². The van der Waals surface area contributed by atoms with Gasteiger partial charge in [-0.05, 0) is 19.8 Å². The van der Waals surface area contributed by atoms with Gasteiger partial charge in [0.05, 0.1) is 12.6 Å². The molecule has 2 rings (SSSR count). The van der Waals surface area contributed by atoms with Crippen molar-refractivity contribution in [1.29, 1.82) is 0 Å². The van der Waals surface area contributed by atoms with Crippen LogP contribution in [0.2, 0.25) is 0 Å². The van der Waals surface area contributed by atoms with Crippen molar-refractivity contribution in [3.63, 3.8) is 0 Å². The summed E-state index contributed by atoms with van der Waals surface area (Å²) in [5.74, 6) is 0.107. The Bertz CT molecular complexity index is 457. The van der Waals surface area contributed by atoms with Crippen LogP contribution in [0.4, 0.5) is 10.9 Å². The van der Waals surface area contributed by atoms with Crippen LogP contribution in [0.25, 0.3) is 0 Å². The van der Waals surface area contributed by atoms with Gasteiger partial charge in [-0.2, -0.15) is 0 Å². The zero-order chi connectivity index (χ0) is 14.0. The highest BCUT2D eigenvalue weighted by atomic mass is 32.1. The first-order valence-electron chi connectivity index (χ1n) is 6.44. The highest BCUT2D eigenvalue weighted by Gasteiger charge is 2.25. The minimum absolute atomic E-state index is 0.0695. The maximum atomic E-state index is 12.3. The molecule has 1 saturated heterocycles. The Morgan fingerprint density at radius 1 is 1.58 bits per heavy atom. The second kappa shape index (κ2) is 5.75. The summed E-state index contributed by atoms with van der Waals surface area (Å²) in [6.45, 7) is 3.67. The summed E-state index contributed by atoms with van der Waals surface area (Å²) in [5.41, 5.74) is 5.85. The Labute approximate surface area is 116 Å². The summed E-state index contributed by atoms with van der Waals surface area (Å²) in [4.78, 5) is 20.7. The van der Waals surface area contributed by atoms with Crippen molar-refractivity contribution in [2.75, 3.05) is 37.4 Å². The van der Waals surface area contributed by atoms with E-state index in [4.69, 9.17) is 10.8 Å². The van der Waals surface area contributed by atoms with Crippen molar-refractivity contribution in [3.05, 3.63) is 4.88 Å². The number of thiazole rings is 1. The predicted octanol–water partition coefficient (Wildman–Crippen LogP) is 0.778. The fourth-order valence-corrected chi connectivity index (χ4v) is 3.02. The first-order chi connectivity index (χ1) is 9.04. The van der Waals surface area contributed by atoms with Gasteiger partial charge < -0.3 is 20.6 Å². The third kappa shape index (κ3) is 2.82. The van der Waals surface area contributed by atoms with Crippen molar-refractivity contribution in [3.8, 4) is 0 Å². The van der Waals surface area contributed by atoms with Crippen LogP contribution in [-0.2, 0) is 0 Å². The number of carbonyl (C=O) groups excluding carboxylic acids is 1. The molecule has 1 aromatic rings. The molecule has 1 aliphatic heterocycles. The minimum Gasteiger partial charge on any atom is -0.394 e. The van der Waals surface area contributed by atoms with Gasteiger partial charge in [-0.3, -0.25) is 4.79 Å². The van der Waals surface area contributed by atoms with Gasteiger partial charge >= 0.3 is 0 Å². The second-order valence-corrected chi connectivity index (χ2v) is 5.83. The Morgan fingerprint density at radius 2 is 2.21 bits per heavy atom. The third-order valence-corrected chi connectivity index (χ3v) is 4.58. The number of nitrogens with zero attached hydrogens (tertiary/aromatic N) is 3. The van der Waals surface area contributed by atoms with Crippen LogP contribution in [0, 0.1) is 0 Å². The van der Waals surface area contributed by atoms with Crippen LogP contribution in [-0.4, -0.2) is 53.7 Å². The van der Waals surface area contributed by atoms with E-state index in [1.54, 1.807) is 14.0 Å². The molecule has 2 heterocycles. The predicted molar refractivity (Wildman–Crippen MR) is 76.6 cm³/mol. The van der Waals surface area contributed by atoms with Gasteiger partial charge in [-0.1, -0.05) is 11.3 Å². The Hall–Kier alpha value is -1.34. The van der Waals surface area contributed by atoms with Crippen LogP contribution in [0.5, 0.6) is 0 Å². The molecule has 1 fully saturated rings. The van der Waals surface area contributed by atoms with E-state index in [0.29, 0.717) is 4.88 Å². The number of aliphatic hydroxyl groups is 1. The molecule has 0 aromatic carbocycles. The van der Waals surface area contributed by atoms with E-state index in [-0.39, 0.29) is 24.4 Å². The molecule has 0 bridgehead atoms. The quantitative estimate of drug-likeness (QED) is 0.853. The van der Waals surface area contributed by atoms with Gasteiger partial charge in [0.2, 0.25) is 0 Å². The van der Waals surface area contributed by atoms with E-state index in [1.807, 2.05) is 0 Å². The largest absolute Gasteiger partial charge is 0.394 e. The Kier molecular flexibility index (Phi) is 4.26. The lowest BCUT2D eigenvalue weighted by Crippen LogP contribution is -2.37. The van der Waals surface area contributed by atoms with Crippen LogP contribution in [0.1, 0.15) is 29.4 Å². The summed E-state index contributed by atoms with van der Waals surface area (Å²) >= 11 is 1.34. The van der Waals surface area contributed by atoms with E-state index < -0.39 is 0 Å². The number of nitrogen functional groups attached to an aromatic ring is 1. The number of amides is 1. The van der Waals surface area contributed by atoms with Gasteiger partial charge in [0, 0.05) is 20.1 Å². The molecule has 0 radical (unpaired) electrons. The molecular formula is C12H20N4O2S. The lowest BCUT2D eigenvalue weighted by Gasteiger charge is -2.22. The first kappa shape index (κ1) is 14.1. The number of nitrogens with two attached hydrogens (primary N) is 1. The number of hydrogen-bond donors (Lipinski definition) is 2. The lowest BCUT2D eigenvalue weighted by molar-refractivity contribution is 0.0688. The first-order valence-corrected chi connectivity index (χ1v) is 7.25. The topological polar surface area (TPSA) is 82.7 Å². The maximum absolute atomic E-state index is 12.3. The van der Waals surface area contributed by atoms with E-state index in [1.165, 1.54) is 16.2 Å². The molecule has 19 heavy (non-hydrogen) atoms. The Morgan fingerprint density at radius 3 is 2.79 bits per heavy atom. The summed E-state index contributed by atoms with van der Waals surface area (Å²) in [6, 6.07) is -0.232. The second-order valence-electron chi connectivity index (χ2n) is 4.85. The summed E-state index contributed by atoms with van der Waals surface area (Å²) in [5, 5.41) is 9.93. The van der Waals surface area contributed by atoms with Gasteiger partial charge in [-0.25, -0.2) is 4.98 Å². The van der Waals surface area contributed by atoms with E-state index in [0.717, 1.165) is 31.1 Å². The van der Waals surface area contributed by atoms with Crippen molar-refractivity contribution in [2.24, 2.45) is 0 Å². The highest BCUT2D eigenvalue weighted by Crippen LogP contribution is 2.31. The monoisotopic (exact) mass is 284 g/mol. The van der Waals surface area contributed by atoms with Gasteiger partial charge in [0.15, 0.2) is 5.13 Å². The van der Waals surface area contributed by atoms with Gasteiger partial charge in [0.1, 0.15) is 10.7 Å². The fourth-order valence-electron chi connectivity index (χ4n) is 2.00. The van der Waals surface area contributed by atoms with Crippen molar-refractivity contribution in [2.45, 2.75) is 25.8 Å². The molecule has 7 heteroatoms. The molecule has 1 amide bonds. The summed E-state index contributed by atoms with van der Waals surface area (Å²) < 4.78 is 0. The third-order valence-electron chi connectivity index (χ3n) is 3.46. The molecule has 6 nitrogen and oxygen atoms in total. The number of hydrogen-bond acceptors (Lipinski definition) is 6. The standard InChI is InChI=1S/C12H20N4O2S/c1-8(7-17)15(2)11(18)9-10(13)14-12(19-9)16-5-3-4-6-16/h8,17H,3-7,13H2,1-2H3. The summed E-state index contributed by atoms with van der Waals surface area (Å²) in [7, 11) is 1.66. The number of rotatable bonds is 4. The lowest BCUT2D eigenvalue weighted by atomic mass is 10.3. The van der Waals surface area contributed by atoms with Gasteiger partial charge in [0.25, 0.3) is 5.91 Å². The van der Waals surface area contributed by atoms with Gasteiger partial charge in [-0.15, -0.1) is 0 Å². The number of carbonyl (C=O) groups is 1. The zero-order valence-electron chi connectivity index (χ0n) is 11.3. The number of aromatic nitrogens is 1. The number of likely N-dealkylation sites (N-methyl/N-ethyl adjacent to an activating group) is 1. The Balaban J connectivity index is 2.18. The molecular weight excluding hydrogens is 264 g/mol. The van der Waals surface area contributed by atoms with Crippen molar-refractivity contribution in [1.82, 2.24) is 9.88 Å². The van der Waals surface area contributed by atoms with E-state index >= 15 is 0 Å². The number of aliphatic hydroxyl groups excluding tert-OH is 1. The van der Waals surface area contributed by atoms with Crippen molar-refractivity contribution >= 4 is 28.2 Å². The van der Waals surface area contributed by atoms with Crippen molar-refractivity contribution < 1.29 is 9.90 Å². The molecule has 1 aromatic heterocycles. The van der Waals surface area contributed by atoms with Crippen LogP contribution in [0.15, 0.2) is 0 Å². The zero-order valence-corrected chi connectivity index (χ0v) is 12.1. The molecule has 3 N–H and O–H groups in total. The molecule has 0 spiro atoms. The van der Waals surface area contributed by atoms with E-state index in [9.17, 15) is 4.79 Å². The smallest absolute Gasteiger partial charge is 0.267 e. The molecule has 106 valence electrons. The SMILES string of the molecule is CC(CO)N(C)C(=O)c1sc(N2CCCC2)nc1N.